The number of amides is 1. The highest BCUT2D eigenvalue weighted by atomic mass is 127. The minimum Gasteiger partial charge on any atom is -0.494 e. The van der Waals surface area contributed by atoms with Crippen molar-refractivity contribution >= 4 is 62.9 Å². The van der Waals surface area contributed by atoms with Gasteiger partial charge in [0, 0.05) is 11.8 Å². The van der Waals surface area contributed by atoms with Gasteiger partial charge in [-0.05, 0) is 93.6 Å². The van der Waals surface area contributed by atoms with E-state index < -0.39 is 5.91 Å². The zero-order valence-electron chi connectivity index (χ0n) is 17.3. The monoisotopic (exact) mass is 650 g/mol. The van der Waals surface area contributed by atoms with Crippen molar-refractivity contribution in [2.75, 3.05) is 11.9 Å². The molecule has 0 fully saturated rings. The predicted octanol–water partition coefficient (Wildman–Crippen LogP) is 6.42. The van der Waals surface area contributed by atoms with E-state index in [1.807, 2.05) is 61.5 Å². The van der Waals surface area contributed by atoms with Crippen LogP contribution in [0.25, 0.3) is 6.08 Å². The summed E-state index contributed by atoms with van der Waals surface area (Å²) in [6.45, 7) is 2.89. The Bertz CT molecular complexity index is 1150. The molecule has 0 aliphatic heterocycles. The van der Waals surface area contributed by atoms with Crippen LogP contribution in [0.2, 0.25) is 0 Å². The van der Waals surface area contributed by atoms with Crippen LogP contribution in [0.5, 0.6) is 11.5 Å². The highest BCUT2D eigenvalue weighted by Gasteiger charge is 2.13. The molecule has 162 valence electrons. The summed E-state index contributed by atoms with van der Waals surface area (Å²) in [5, 5.41) is 12.3. The lowest BCUT2D eigenvalue weighted by molar-refractivity contribution is -0.112. The number of hydrogen-bond acceptors (Lipinski definition) is 4. The number of carbonyl (C=O) groups excluding carboxylic acids is 1. The van der Waals surface area contributed by atoms with E-state index in [-0.39, 0.29) is 5.57 Å². The topological polar surface area (TPSA) is 71.3 Å². The molecule has 1 N–H and O–H groups in total. The number of hydrogen-bond donors (Lipinski definition) is 1. The van der Waals surface area contributed by atoms with Crippen LogP contribution in [0.3, 0.4) is 0 Å². The normalized spacial score (nSPS) is 10.9. The molecule has 0 aliphatic carbocycles. The zero-order valence-corrected chi connectivity index (χ0v) is 21.6. The molecular formula is C25H20I2N2O3. The molecule has 3 rings (SSSR count). The minimum absolute atomic E-state index is 0.0105. The van der Waals surface area contributed by atoms with Crippen LogP contribution < -0.4 is 14.8 Å². The Hall–Kier alpha value is -2.58. The first kappa shape index (κ1) is 24.1. The van der Waals surface area contributed by atoms with Crippen LogP contribution in [0.15, 0.2) is 72.3 Å². The van der Waals surface area contributed by atoms with Gasteiger partial charge in [0.1, 0.15) is 29.7 Å². The average molecular weight is 650 g/mol. The van der Waals surface area contributed by atoms with Gasteiger partial charge in [0.2, 0.25) is 0 Å². The highest BCUT2D eigenvalue weighted by molar-refractivity contribution is 14.1. The van der Waals surface area contributed by atoms with Crippen molar-refractivity contribution in [2.45, 2.75) is 13.5 Å². The molecule has 0 unspecified atom stereocenters. The van der Waals surface area contributed by atoms with Crippen LogP contribution in [-0.4, -0.2) is 12.5 Å². The fraction of sp³-hybridized carbons (Fsp3) is 0.120. The van der Waals surface area contributed by atoms with E-state index in [0.717, 1.165) is 24.0 Å². The number of nitriles is 1. The Kier molecular flexibility index (Phi) is 8.93. The van der Waals surface area contributed by atoms with Gasteiger partial charge >= 0.3 is 0 Å². The van der Waals surface area contributed by atoms with E-state index in [1.165, 1.54) is 0 Å². The average Bonchev–Trinajstić information content (AvgIpc) is 2.78. The van der Waals surface area contributed by atoms with E-state index >= 15 is 0 Å². The lowest BCUT2D eigenvalue weighted by Crippen LogP contribution is -2.13. The van der Waals surface area contributed by atoms with E-state index in [4.69, 9.17) is 9.47 Å². The van der Waals surface area contributed by atoms with Crippen molar-refractivity contribution < 1.29 is 14.3 Å². The van der Waals surface area contributed by atoms with Crippen LogP contribution in [0.1, 0.15) is 18.1 Å². The Balaban J connectivity index is 1.75. The number of carbonyl (C=O) groups is 1. The highest BCUT2D eigenvalue weighted by Crippen LogP contribution is 2.30. The lowest BCUT2D eigenvalue weighted by atomic mass is 10.1. The maximum absolute atomic E-state index is 12.6. The SMILES string of the molecule is CCOc1cccc(NC(=O)/C(C#N)=C/c2cc(I)c(OCc3ccccc3)c(I)c2)c1. The summed E-state index contributed by atoms with van der Waals surface area (Å²) in [5.41, 5.74) is 2.41. The molecule has 32 heavy (non-hydrogen) atoms. The van der Waals surface area contributed by atoms with Crippen molar-refractivity contribution in [3.8, 4) is 17.6 Å². The Morgan fingerprint density at radius 3 is 2.41 bits per heavy atom. The number of halogens is 2. The van der Waals surface area contributed by atoms with Crippen molar-refractivity contribution in [1.29, 1.82) is 5.26 Å². The fourth-order valence-electron chi connectivity index (χ4n) is 2.87. The fourth-order valence-corrected chi connectivity index (χ4v) is 5.00. The summed E-state index contributed by atoms with van der Waals surface area (Å²) in [7, 11) is 0. The third-order valence-corrected chi connectivity index (χ3v) is 5.93. The number of rotatable bonds is 8. The summed E-state index contributed by atoms with van der Waals surface area (Å²) in [6, 6.07) is 22.8. The standard InChI is InChI=1S/C25H20I2N2O3/c1-2-31-21-10-6-9-20(14-21)29-25(30)19(15-28)11-18-12-22(26)24(23(27)13-18)32-16-17-7-4-3-5-8-17/h3-14H,2,16H2,1H3,(H,29,30)/b19-11+. The van der Waals surface area contributed by atoms with E-state index in [0.29, 0.717) is 24.7 Å². The minimum atomic E-state index is -0.476. The zero-order chi connectivity index (χ0) is 22.9. The summed E-state index contributed by atoms with van der Waals surface area (Å²) < 4.78 is 13.3. The number of anilines is 1. The quantitative estimate of drug-likeness (QED) is 0.174. The van der Waals surface area contributed by atoms with Gasteiger partial charge in [0.05, 0.1) is 13.7 Å². The van der Waals surface area contributed by atoms with E-state index in [2.05, 4.69) is 50.5 Å². The molecule has 0 saturated heterocycles. The molecule has 0 aliphatic rings. The van der Waals surface area contributed by atoms with Crippen molar-refractivity contribution in [2.24, 2.45) is 0 Å². The largest absolute Gasteiger partial charge is 0.494 e. The smallest absolute Gasteiger partial charge is 0.266 e. The molecule has 5 nitrogen and oxygen atoms in total. The first-order valence-corrected chi connectivity index (χ1v) is 12.0. The van der Waals surface area contributed by atoms with E-state index in [9.17, 15) is 10.1 Å². The molecule has 0 heterocycles. The van der Waals surface area contributed by atoms with Gasteiger partial charge in [-0.1, -0.05) is 36.4 Å². The molecule has 0 radical (unpaired) electrons. The van der Waals surface area contributed by atoms with Crippen LogP contribution in [-0.2, 0) is 11.4 Å². The number of nitrogens with one attached hydrogen (secondary N) is 1. The van der Waals surface area contributed by atoms with Gasteiger partial charge in [0.15, 0.2) is 0 Å². The van der Waals surface area contributed by atoms with Gasteiger partial charge in [-0.2, -0.15) is 5.26 Å². The van der Waals surface area contributed by atoms with E-state index in [1.54, 1.807) is 24.3 Å². The Morgan fingerprint density at radius 1 is 1.03 bits per heavy atom. The number of nitrogens with zero attached hydrogens (tertiary/aromatic N) is 1. The molecule has 0 spiro atoms. The second-order valence-electron chi connectivity index (χ2n) is 6.67. The molecule has 0 bridgehead atoms. The molecule has 0 saturated carbocycles. The third kappa shape index (κ3) is 6.71. The molecule has 0 aromatic heterocycles. The Labute approximate surface area is 214 Å². The van der Waals surface area contributed by atoms with Gasteiger partial charge in [-0.15, -0.1) is 0 Å². The molecule has 3 aromatic rings. The maximum atomic E-state index is 12.6. The lowest BCUT2D eigenvalue weighted by Gasteiger charge is -2.12. The second kappa shape index (κ2) is 11.9. The van der Waals surface area contributed by atoms with Crippen LogP contribution >= 0.6 is 45.2 Å². The third-order valence-electron chi connectivity index (χ3n) is 4.33. The van der Waals surface area contributed by atoms with Crippen molar-refractivity contribution in [1.82, 2.24) is 0 Å². The molecule has 3 aromatic carbocycles. The first-order valence-electron chi connectivity index (χ1n) is 9.82. The predicted molar refractivity (Wildman–Crippen MR) is 142 cm³/mol. The first-order chi connectivity index (χ1) is 15.5. The van der Waals surface area contributed by atoms with Gasteiger partial charge < -0.3 is 14.8 Å². The summed E-state index contributed by atoms with van der Waals surface area (Å²) in [6.07, 6.45) is 1.58. The van der Waals surface area contributed by atoms with Gasteiger partial charge in [-0.3, -0.25) is 4.79 Å². The molecule has 0 atom stereocenters. The molecular weight excluding hydrogens is 630 g/mol. The Morgan fingerprint density at radius 2 is 1.75 bits per heavy atom. The summed E-state index contributed by atoms with van der Waals surface area (Å²) in [4.78, 5) is 12.6. The number of ether oxygens (including phenoxy) is 2. The second-order valence-corrected chi connectivity index (χ2v) is 9.00. The molecule has 1 amide bonds. The van der Waals surface area contributed by atoms with Gasteiger partial charge in [0.25, 0.3) is 5.91 Å². The van der Waals surface area contributed by atoms with Gasteiger partial charge in [-0.25, -0.2) is 0 Å². The summed E-state index contributed by atoms with van der Waals surface area (Å²) >= 11 is 4.41. The number of benzene rings is 3. The summed E-state index contributed by atoms with van der Waals surface area (Å²) in [5.74, 6) is 0.960. The van der Waals surface area contributed by atoms with Crippen LogP contribution in [0.4, 0.5) is 5.69 Å². The van der Waals surface area contributed by atoms with Crippen molar-refractivity contribution in [3.05, 3.63) is 90.6 Å². The van der Waals surface area contributed by atoms with Crippen molar-refractivity contribution in [3.63, 3.8) is 0 Å². The molecule has 7 heteroatoms. The van der Waals surface area contributed by atoms with Crippen LogP contribution in [0, 0.1) is 18.5 Å². The maximum Gasteiger partial charge on any atom is 0.266 e.